The molecule has 0 aromatic carbocycles. The summed E-state index contributed by atoms with van der Waals surface area (Å²) < 4.78 is 10.9. The number of hydrogen-bond acceptors (Lipinski definition) is 4. The molecule has 1 aliphatic carbocycles. The number of hydrogen-bond donors (Lipinski definition) is 1. The molecule has 2 fully saturated rings. The van der Waals surface area contributed by atoms with Gasteiger partial charge in [-0.05, 0) is 12.8 Å². The molecular formula is C15H24N2O2. The lowest BCUT2D eigenvalue weighted by molar-refractivity contribution is -0.0838. The average Bonchev–Trinajstić information content (AvgIpc) is 2.67. The van der Waals surface area contributed by atoms with Crippen molar-refractivity contribution < 1.29 is 9.26 Å². The molecule has 0 amide bonds. The van der Waals surface area contributed by atoms with Crippen LogP contribution in [0.2, 0.25) is 0 Å². The van der Waals surface area contributed by atoms with Gasteiger partial charge in [-0.1, -0.05) is 32.3 Å². The lowest BCUT2D eigenvalue weighted by Gasteiger charge is -2.46. The van der Waals surface area contributed by atoms with E-state index in [0.717, 1.165) is 31.1 Å². The third-order valence-electron chi connectivity index (χ3n) is 4.19. The van der Waals surface area contributed by atoms with Crippen molar-refractivity contribution in [3.63, 3.8) is 0 Å². The molecule has 1 aliphatic heterocycles. The van der Waals surface area contributed by atoms with E-state index >= 15 is 0 Å². The number of nitrogens with one attached hydrogen (secondary N) is 1. The van der Waals surface area contributed by atoms with Crippen LogP contribution in [0.25, 0.3) is 0 Å². The van der Waals surface area contributed by atoms with Crippen molar-refractivity contribution in [2.45, 2.75) is 63.5 Å². The molecule has 1 aromatic heterocycles. The monoisotopic (exact) mass is 264 g/mol. The van der Waals surface area contributed by atoms with Crippen LogP contribution in [0.1, 0.15) is 51.5 Å². The molecule has 19 heavy (non-hydrogen) atoms. The highest BCUT2D eigenvalue weighted by molar-refractivity contribution is 5.17. The average molecular weight is 264 g/mol. The molecule has 4 nitrogen and oxygen atoms in total. The summed E-state index contributed by atoms with van der Waals surface area (Å²) in [6, 6.07) is 2.78. The van der Waals surface area contributed by atoms with E-state index in [-0.39, 0.29) is 11.0 Å². The van der Waals surface area contributed by atoms with E-state index < -0.39 is 0 Å². The van der Waals surface area contributed by atoms with Gasteiger partial charge in [-0.2, -0.15) is 0 Å². The standard InChI is InChI=1S/C15H24N2O2/c1-14(2,3)13-7-12(17-19-13)8-15(9-18-10-15)16-11-5-4-6-11/h7,11,16H,4-6,8-10H2,1-3H3. The predicted molar refractivity (Wildman–Crippen MR) is 73.2 cm³/mol. The van der Waals surface area contributed by atoms with E-state index in [0.29, 0.717) is 6.04 Å². The quantitative estimate of drug-likeness (QED) is 0.907. The molecular weight excluding hydrogens is 240 g/mol. The van der Waals surface area contributed by atoms with Crippen molar-refractivity contribution >= 4 is 0 Å². The Morgan fingerprint density at radius 1 is 1.37 bits per heavy atom. The molecule has 4 heteroatoms. The lowest BCUT2D eigenvalue weighted by Crippen LogP contribution is -2.65. The van der Waals surface area contributed by atoms with Crippen LogP contribution in [0.4, 0.5) is 0 Å². The maximum atomic E-state index is 5.47. The summed E-state index contributed by atoms with van der Waals surface area (Å²) in [5.74, 6) is 0.960. The molecule has 1 saturated carbocycles. The smallest absolute Gasteiger partial charge is 0.142 e. The van der Waals surface area contributed by atoms with Gasteiger partial charge in [0.05, 0.1) is 24.4 Å². The summed E-state index contributed by atoms with van der Waals surface area (Å²) in [4.78, 5) is 0. The molecule has 2 heterocycles. The minimum Gasteiger partial charge on any atom is -0.377 e. The molecule has 0 spiro atoms. The van der Waals surface area contributed by atoms with Crippen LogP contribution in [-0.4, -0.2) is 30.0 Å². The minimum atomic E-state index is 0.0237. The van der Waals surface area contributed by atoms with E-state index in [1.165, 1.54) is 19.3 Å². The van der Waals surface area contributed by atoms with Gasteiger partial charge in [0.15, 0.2) is 0 Å². The second-order valence-electron chi connectivity index (χ2n) is 7.15. The zero-order valence-electron chi connectivity index (χ0n) is 12.2. The molecule has 106 valence electrons. The van der Waals surface area contributed by atoms with Crippen molar-refractivity contribution in [3.8, 4) is 0 Å². The minimum absolute atomic E-state index is 0.0237. The first-order valence-electron chi connectivity index (χ1n) is 7.28. The van der Waals surface area contributed by atoms with Crippen LogP contribution in [-0.2, 0) is 16.6 Å². The SMILES string of the molecule is CC(C)(C)c1cc(CC2(NC3CCC3)COC2)no1. The Balaban J connectivity index is 1.67. The fraction of sp³-hybridized carbons (Fsp3) is 0.800. The summed E-state index contributed by atoms with van der Waals surface area (Å²) in [7, 11) is 0. The summed E-state index contributed by atoms with van der Waals surface area (Å²) >= 11 is 0. The van der Waals surface area contributed by atoms with Crippen molar-refractivity contribution in [2.75, 3.05) is 13.2 Å². The van der Waals surface area contributed by atoms with Crippen LogP contribution >= 0.6 is 0 Å². The first-order valence-corrected chi connectivity index (χ1v) is 7.28. The molecule has 2 aliphatic rings. The summed E-state index contributed by atoms with van der Waals surface area (Å²) in [5.41, 5.74) is 1.16. The predicted octanol–water partition coefficient (Wildman–Crippen LogP) is 2.43. The molecule has 1 aromatic rings. The Kier molecular flexibility index (Phi) is 3.18. The van der Waals surface area contributed by atoms with E-state index in [4.69, 9.17) is 9.26 Å². The van der Waals surface area contributed by atoms with Gasteiger partial charge in [0.1, 0.15) is 5.76 Å². The topological polar surface area (TPSA) is 47.3 Å². The Morgan fingerprint density at radius 2 is 2.11 bits per heavy atom. The second-order valence-corrected chi connectivity index (χ2v) is 7.15. The van der Waals surface area contributed by atoms with Gasteiger partial charge >= 0.3 is 0 Å². The van der Waals surface area contributed by atoms with Gasteiger partial charge in [0.2, 0.25) is 0 Å². The van der Waals surface area contributed by atoms with Crippen LogP contribution < -0.4 is 5.32 Å². The maximum Gasteiger partial charge on any atom is 0.142 e. The molecule has 3 rings (SSSR count). The third kappa shape index (κ3) is 2.70. The van der Waals surface area contributed by atoms with Crippen LogP contribution in [0.15, 0.2) is 10.6 Å². The summed E-state index contributed by atoms with van der Waals surface area (Å²) in [5, 5.41) is 7.99. The largest absolute Gasteiger partial charge is 0.377 e. The fourth-order valence-corrected chi connectivity index (χ4v) is 2.67. The first-order chi connectivity index (χ1) is 8.97. The van der Waals surface area contributed by atoms with E-state index in [1.807, 2.05) is 0 Å². The van der Waals surface area contributed by atoms with Crippen molar-refractivity contribution in [1.29, 1.82) is 0 Å². The Morgan fingerprint density at radius 3 is 2.53 bits per heavy atom. The normalized spacial score (nSPS) is 22.9. The molecule has 0 unspecified atom stereocenters. The highest BCUT2D eigenvalue weighted by Gasteiger charge is 2.42. The van der Waals surface area contributed by atoms with Crippen LogP contribution in [0, 0.1) is 0 Å². The van der Waals surface area contributed by atoms with Gasteiger partial charge in [0.25, 0.3) is 0 Å². The highest BCUT2D eigenvalue weighted by Crippen LogP contribution is 2.29. The Hall–Kier alpha value is -0.870. The number of nitrogens with zero attached hydrogens (tertiary/aromatic N) is 1. The summed E-state index contributed by atoms with van der Waals surface area (Å²) in [6.07, 6.45) is 4.86. The molecule has 0 atom stereocenters. The van der Waals surface area contributed by atoms with Gasteiger partial charge in [-0.25, -0.2) is 0 Å². The van der Waals surface area contributed by atoms with E-state index in [1.54, 1.807) is 0 Å². The zero-order chi connectivity index (χ0) is 13.5. The van der Waals surface area contributed by atoms with Crippen molar-refractivity contribution in [1.82, 2.24) is 10.5 Å². The van der Waals surface area contributed by atoms with E-state index in [2.05, 4.69) is 37.3 Å². The second kappa shape index (κ2) is 4.60. The van der Waals surface area contributed by atoms with Crippen molar-refractivity contribution in [2.24, 2.45) is 0 Å². The first kappa shape index (κ1) is 13.1. The number of ether oxygens (including phenoxy) is 1. The van der Waals surface area contributed by atoms with Gasteiger partial charge in [-0.15, -0.1) is 0 Å². The van der Waals surface area contributed by atoms with E-state index in [9.17, 15) is 0 Å². The molecule has 1 N–H and O–H groups in total. The van der Waals surface area contributed by atoms with Gasteiger partial charge < -0.3 is 14.6 Å². The van der Waals surface area contributed by atoms with Crippen LogP contribution in [0.3, 0.4) is 0 Å². The fourth-order valence-electron chi connectivity index (χ4n) is 2.67. The van der Waals surface area contributed by atoms with Crippen LogP contribution in [0.5, 0.6) is 0 Å². The zero-order valence-corrected chi connectivity index (χ0v) is 12.2. The number of rotatable bonds is 4. The van der Waals surface area contributed by atoms with Crippen molar-refractivity contribution in [3.05, 3.63) is 17.5 Å². The van der Waals surface area contributed by atoms with Gasteiger partial charge in [-0.3, -0.25) is 0 Å². The molecule has 0 bridgehead atoms. The number of aromatic nitrogens is 1. The lowest BCUT2D eigenvalue weighted by atomic mass is 9.84. The molecule has 0 radical (unpaired) electrons. The third-order valence-corrected chi connectivity index (χ3v) is 4.19. The summed E-state index contributed by atoms with van der Waals surface area (Å²) in [6.45, 7) is 8.02. The van der Waals surface area contributed by atoms with Gasteiger partial charge in [0, 0.05) is 23.9 Å². The Bertz CT molecular complexity index is 439. The highest BCUT2D eigenvalue weighted by atomic mass is 16.5. The maximum absolute atomic E-state index is 5.47. The Labute approximate surface area is 114 Å². The molecule has 1 saturated heterocycles.